The highest BCUT2D eigenvalue weighted by atomic mass is 35.5. The molecule has 2 N–H and O–H groups in total. The molecule has 1 saturated carbocycles. The van der Waals surface area contributed by atoms with E-state index >= 15 is 0 Å². The summed E-state index contributed by atoms with van der Waals surface area (Å²) in [5.41, 5.74) is 6.99. The van der Waals surface area contributed by atoms with Crippen LogP contribution in [0.15, 0.2) is 18.2 Å². The molecular weight excluding hydrogens is 225 g/mol. The van der Waals surface area contributed by atoms with Crippen LogP contribution in [0.3, 0.4) is 0 Å². The Bertz CT molecular complexity index is 372. The Kier molecular flexibility index (Phi) is 3.50. The fourth-order valence-corrected chi connectivity index (χ4v) is 3.02. The van der Waals surface area contributed by atoms with Crippen LogP contribution in [0.2, 0.25) is 5.02 Å². The normalized spacial score (nSPS) is 18.9. The summed E-state index contributed by atoms with van der Waals surface area (Å²) in [4.78, 5) is 0. The Balaban J connectivity index is 2.35. The second-order valence-corrected chi connectivity index (χ2v) is 5.06. The van der Waals surface area contributed by atoms with E-state index in [-0.39, 0.29) is 16.3 Å². The molecule has 0 spiro atoms. The Labute approximate surface area is 101 Å². The number of hydrogen-bond acceptors (Lipinski definition) is 1. The predicted molar refractivity (Wildman–Crippen MR) is 65.2 cm³/mol. The van der Waals surface area contributed by atoms with Gasteiger partial charge in [-0.2, -0.15) is 0 Å². The van der Waals surface area contributed by atoms with Gasteiger partial charge in [-0.25, -0.2) is 4.39 Å². The Morgan fingerprint density at radius 3 is 2.56 bits per heavy atom. The molecule has 0 radical (unpaired) electrons. The van der Waals surface area contributed by atoms with Crippen molar-refractivity contribution in [2.45, 2.75) is 37.5 Å². The molecule has 1 aliphatic carbocycles. The number of benzene rings is 1. The van der Waals surface area contributed by atoms with E-state index in [0.717, 1.165) is 24.8 Å². The van der Waals surface area contributed by atoms with E-state index in [1.807, 2.05) is 6.07 Å². The van der Waals surface area contributed by atoms with Crippen LogP contribution in [-0.4, -0.2) is 6.54 Å². The molecule has 0 amide bonds. The molecule has 2 rings (SSSR count). The lowest BCUT2D eigenvalue weighted by atomic mass is 9.76. The van der Waals surface area contributed by atoms with Gasteiger partial charge in [0, 0.05) is 0 Å². The highest BCUT2D eigenvalue weighted by molar-refractivity contribution is 6.30. The van der Waals surface area contributed by atoms with Gasteiger partial charge in [-0.1, -0.05) is 30.5 Å². The van der Waals surface area contributed by atoms with Crippen molar-refractivity contribution in [1.29, 1.82) is 0 Å². The van der Waals surface area contributed by atoms with Gasteiger partial charge in [0.15, 0.2) is 0 Å². The van der Waals surface area contributed by atoms with Crippen molar-refractivity contribution >= 4 is 11.6 Å². The molecule has 16 heavy (non-hydrogen) atoms. The molecule has 0 aliphatic heterocycles. The summed E-state index contributed by atoms with van der Waals surface area (Å²) in [5.74, 6) is -0.341. The third-order valence-electron chi connectivity index (χ3n) is 3.72. The fraction of sp³-hybridized carbons (Fsp3) is 0.538. The monoisotopic (exact) mass is 241 g/mol. The zero-order chi connectivity index (χ0) is 11.6. The molecule has 1 aromatic carbocycles. The van der Waals surface area contributed by atoms with Crippen LogP contribution >= 0.6 is 11.6 Å². The highest BCUT2D eigenvalue weighted by Gasteiger charge is 2.34. The summed E-state index contributed by atoms with van der Waals surface area (Å²) < 4.78 is 13.1. The summed E-state index contributed by atoms with van der Waals surface area (Å²) in [6.07, 6.45) is 5.72. The summed E-state index contributed by atoms with van der Waals surface area (Å²) in [6.45, 7) is 0.676. The number of hydrogen-bond donors (Lipinski definition) is 1. The first-order valence-corrected chi connectivity index (χ1v) is 6.21. The van der Waals surface area contributed by atoms with Gasteiger partial charge in [0.25, 0.3) is 0 Å². The van der Waals surface area contributed by atoms with Gasteiger partial charge in [-0.05, 0) is 48.9 Å². The molecule has 0 saturated heterocycles. The Morgan fingerprint density at radius 1 is 1.31 bits per heavy atom. The predicted octanol–water partition coefficient (Wildman–Crippen LogP) is 3.64. The van der Waals surface area contributed by atoms with Crippen molar-refractivity contribution in [3.05, 3.63) is 34.6 Å². The van der Waals surface area contributed by atoms with Crippen molar-refractivity contribution in [1.82, 2.24) is 0 Å². The van der Waals surface area contributed by atoms with Crippen molar-refractivity contribution in [3.8, 4) is 0 Å². The van der Waals surface area contributed by atoms with Crippen molar-refractivity contribution in [2.24, 2.45) is 5.73 Å². The van der Waals surface area contributed by atoms with Crippen LogP contribution in [0.1, 0.15) is 37.7 Å². The van der Waals surface area contributed by atoms with E-state index in [0.29, 0.717) is 6.54 Å². The van der Waals surface area contributed by atoms with Gasteiger partial charge in [0.2, 0.25) is 0 Å². The Hall–Kier alpha value is -0.600. The SMILES string of the molecule is NCCC1(c2ccc(F)c(Cl)c2)CCCC1. The van der Waals surface area contributed by atoms with Gasteiger partial charge in [0.05, 0.1) is 5.02 Å². The Morgan fingerprint density at radius 2 is 2.00 bits per heavy atom. The van der Waals surface area contributed by atoms with Gasteiger partial charge in [-0.15, -0.1) is 0 Å². The standard InChI is InChI=1S/C13H17ClFN/c14-11-9-10(3-4-12(11)15)13(7-8-16)5-1-2-6-13/h3-4,9H,1-2,5-8,16H2. The quantitative estimate of drug-likeness (QED) is 0.859. The molecule has 1 aromatic rings. The van der Waals surface area contributed by atoms with Crippen LogP contribution in [0, 0.1) is 5.82 Å². The zero-order valence-corrected chi connectivity index (χ0v) is 10.1. The van der Waals surface area contributed by atoms with Crippen molar-refractivity contribution < 1.29 is 4.39 Å². The minimum Gasteiger partial charge on any atom is -0.330 e. The maximum absolute atomic E-state index is 13.1. The molecule has 1 aliphatic rings. The molecule has 1 nitrogen and oxygen atoms in total. The molecule has 0 heterocycles. The topological polar surface area (TPSA) is 26.0 Å². The summed E-state index contributed by atoms with van der Waals surface area (Å²) in [7, 11) is 0. The summed E-state index contributed by atoms with van der Waals surface area (Å²) >= 11 is 5.85. The lowest BCUT2D eigenvalue weighted by Crippen LogP contribution is -2.25. The minimum absolute atomic E-state index is 0.145. The van der Waals surface area contributed by atoms with E-state index in [9.17, 15) is 4.39 Å². The fourth-order valence-electron chi connectivity index (χ4n) is 2.84. The smallest absolute Gasteiger partial charge is 0.141 e. The maximum Gasteiger partial charge on any atom is 0.141 e. The van der Waals surface area contributed by atoms with Gasteiger partial charge in [-0.3, -0.25) is 0 Å². The lowest BCUT2D eigenvalue weighted by molar-refractivity contribution is 0.411. The average molecular weight is 242 g/mol. The lowest BCUT2D eigenvalue weighted by Gasteiger charge is -2.29. The minimum atomic E-state index is -0.341. The second-order valence-electron chi connectivity index (χ2n) is 4.65. The molecule has 0 unspecified atom stereocenters. The van der Waals surface area contributed by atoms with E-state index in [4.69, 9.17) is 17.3 Å². The molecule has 1 fully saturated rings. The van der Waals surface area contributed by atoms with E-state index in [1.165, 1.54) is 18.9 Å². The maximum atomic E-state index is 13.1. The molecule has 0 bridgehead atoms. The first-order chi connectivity index (χ1) is 7.68. The van der Waals surface area contributed by atoms with Crippen molar-refractivity contribution in [3.63, 3.8) is 0 Å². The third kappa shape index (κ3) is 2.09. The first-order valence-electron chi connectivity index (χ1n) is 5.83. The van der Waals surface area contributed by atoms with Crippen LogP contribution in [0.5, 0.6) is 0 Å². The van der Waals surface area contributed by atoms with E-state index < -0.39 is 0 Å². The van der Waals surface area contributed by atoms with Gasteiger partial charge >= 0.3 is 0 Å². The first kappa shape index (κ1) is 11.9. The molecular formula is C13H17ClFN. The van der Waals surface area contributed by atoms with Crippen LogP contribution in [0.25, 0.3) is 0 Å². The largest absolute Gasteiger partial charge is 0.330 e. The summed E-state index contributed by atoms with van der Waals surface area (Å²) in [6, 6.07) is 5.11. The number of halogens is 2. The average Bonchev–Trinajstić information content (AvgIpc) is 2.72. The highest BCUT2D eigenvalue weighted by Crippen LogP contribution is 2.44. The second kappa shape index (κ2) is 4.72. The molecule has 0 atom stereocenters. The third-order valence-corrected chi connectivity index (χ3v) is 4.01. The summed E-state index contributed by atoms with van der Waals surface area (Å²) in [5, 5.41) is 0.223. The molecule has 0 aromatic heterocycles. The van der Waals surface area contributed by atoms with Gasteiger partial charge < -0.3 is 5.73 Å². The molecule has 88 valence electrons. The van der Waals surface area contributed by atoms with Crippen LogP contribution in [0.4, 0.5) is 4.39 Å². The zero-order valence-electron chi connectivity index (χ0n) is 9.31. The van der Waals surface area contributed by atoms with E-state index in [2.05, 4.69) is 0 Å². The van der Waals surface area contributed by atoms with E-state index in [1.54, 1.807) is 6.07 Å². The number of rotatable bonds is 3. The van der Waals surface area contributed by atoms with Crippen LogP contribution < -0.4 is 5.73 Å². The van der Waals surface area contributed by atoms with Crippen molar-refractivity contribution in [2.75, 3.05) is 6.54 Å². The van der Waals surface area contributed by atoms with Gasteiger partial charge in [0.1, 0.15) is 5.82 Å². The molecule has 3 heteroatoms. The number of nitrogens with two attached hydrogens (primary N) is 1. The van der Waals surface area contributed by atoms with Crippen LogP contribution in [-0.2, 0) is 5.41 Å².